The second kappa shape index (κ2) is 34.7. The lowest BCUT2D eigenvalue weighted by atomic mass is 10.1. The first kappa shape index (κ1) is 53.7. The van der Waals surface area contributed by atoms with Crippen molar-refractivity contribution in [2.45, 2.75) is 63.5 Å². The number of Topliss-reactive ketones (excluding diaryl/α,β-unsaturated/α-hetero) is 2. The first-order valence-corrected chi connectivity index (χ1v) is 20.9. The smallest absolute Gasteiger partial charge is 0.326 e. The molecule has 0 aliphatic heterocycles. The van der Waals surface area contributed by atoms with Gasteiger partial charge in [-0.05, 0) is 25.7 Å². The summed E-state index contributed by atoms with van der Waals surface area (Å²) in [7, 11) is 0. The van der Waals surface area contributed by atoms with Gasteiger partial charge in [-0.2, -0.15) is 0 Å². The van der Waals surface area contributed by atoms with Crippen molar-refractivity contribution >= 4 is 96.5 Å². The lowest BCUT2D eigenvalue weighted by Crippen LogP contribution is -2.52. The molecular formula is C34H54Br2ClN5O15. The third-order valence-electron chi connectivity index (χ3n) is 7.44. The molecule has 0 aromatic carbocycles. The van der Waals surface area contributed by atoms with Crippen LogP contribution < -0.4 is 21.3 Å². The predicted octanol–water partition coefficient (Wildman–Crippen LogP) is -0.460. The van der Waals surface area contributed by atoms with E-state index in [2.05, 4.69) is 53.1 Å². The number of amides is 5. The monoisotopic (exact) mass is 965 g/mol. The molecule has 0 rings (SSSR count). The highest BCUT2D eigenvalue weighted by Gasteiger charge is 2.27. The first-order chi connectivity index (χ1) is 27.2. The number of aliphatic carboxylic acids is 2. The number of nitrogens with zero attached hydrogens (tertiary/aromatic N) is 1. The van der Waals surface area contributed by atoms with Gasteiger partial charge in [0.25, 0.3) is 0 Å². The Morgan fingerprint density at radius 3 is 1.49 bits per heavy atom. The summed E-state index contributed by atoms with van der Waals surface area (Å²) in [6, 6.07) is -2.51. The number of rotatable bonds is 37. The van der Waals surface area contributed by atoms with Crippen LogP contribution in [0.15, 0.2) is 0 Å². The molecular weight excluding hydrogens is 914 g/mol. The molecule has 0 aromatic heterocycles. The maximum atomic E-state index is 13.4. The van der Waals surface area contributed by atoms with E-state index in [9.17, 15) is 53.4 Å². The van der Waals surface area contributed by atoms with Crippen LogP contribution in [0.3, 0.4) is 0 Å². The number of carbonyl (C=O) groups excluding carboxylic acids is 7. The number of hydrogen-bond donors (Lipinski definition) is 6. The highest BCUT2D eigenvalue weighted by atomic mass is 79.9. The van der Waals surface area contributed by atoms with Crippen LogP contribution in [-0.2, 0) is 62.1 Å². The summed E-state index contributed by atoms with van der Waals surface area (Å²) >= 11 is 11.5. The number of ketones is 2. The summed E-state index contributed by atoms with van der Waals surface area (Å²) in [6.45, 7) is 0.137. The molecule has 0 fully saturated rings. The lowest BCUT2D eigenvalue weighted by molar-refractivity contribution is -0.143. The SMILES string of the molecule is O=C(O)CC[C@H](NC(=O)COCCOCCCC(=O)CC[C@@H](NC(=O)COCCOCCCC(=O)CCl)C(=O)O)C(=O)N(CCNC(=O)CBr)CCNC(=O)CBr. The normalized spacial score (nSPS) is 11.8. The molecule has 0 spiro atoms. The summed E-state index contributed by atoms with van der Waals surface area (Å²) in [4.78, 5) is 109. The van der Waals surface area contributed by atoms with Gasteiger partial charge in [-0.15, -0.1) is 11.6 Å². The fourth-order valence-corrected chi connectivity index (χ4v) is 5.10. The molecule has 57 heavy (non-hydrogen) atoms. The molecule has 0 aliphatic carbocycles. The van der Waals surface area contributed by atoms with Crippen molar-refractivity contribution in [3.63, 3.8) is 0 Å². The van der Waals surface area contributed by atoms with Crippen molar-refractivity contribution in [1.82, 2.24) is 26.2 Å². The molecule has 0 aromatic rings. The van der Waals surface area contributed by atoms with E-state index >= 15 is 0 Å². The van der Waals surface area contributed by atoms with Gasteiger partial charge >= 0.3 is 11.9 Å². The summed E-state index contributed by atoms with van der Waals surface area (Å²) < 4.78 is 21.2. The highest BCUT2D eigenvalue weighted by molar-refractivity contribution is 9.09. The Morgan fingerprint density at radius 2 is 1.04 bits per heavy atom. The molecule has 0 bridgehead atoms. The van der Waals surface area contributed by atoms with Gasteiger partial charge in [0.1, 0.15) is 36.9 Å². The minimum Gasteiger partial charge on any atom is -0.481 e. The third kappa shape index (κ3) is 30.5. The Balaban J connectivity index is 4.52. The second-order valence-electron chi connectivity index (χ2n) is 12.1. The van der Waals surface area contributed by atoms with Crippen molar-refractivity contribution in [3.8, 4) is 0 Å². The van der Waals surface area contributed by atoms with Gasteiger partial charge in [0.15, 0.2) is 0 Å². The topological polar surface area (TPSA) is 282 Å². The summed E-state index contributed by atoms with van der Waals surface area (Å²) in [6.07, 6.45) is 0.390. The second-order valence-corrected chi connectivity index (χ2v) is 13.5. The number of hydrogen-bond acceptors (Lipinski definition) is 13. The maximum absolute atomic E-state index is 13.4. The molecule has 6 N–H and O–H groups in total. The van der Waals surface area contributed by atoms with Crippen molar-refractivity contribution in [1.29, 1.82) is 0 Å². The summed E-state index contributed by atoms with van der Waals surface area (Å²) in [5.41, 5.74) is 0. The minimum absolute atomic E-state index is 0.0182. The molecule has 0 aliphatic rings. The Bertz CT molecular complexity index is 1260. The first-order valence-electron chi connectivity index (χ1n) is 18.1. The Kier molecular flexibility index (Phi) is 32.7. The minimum atomic E-state index is -1.30. The lowest BCUT2D eigenvalue weighted by Gasteiger charge is -2.28. The van der Waals surface area contributed by atoms with E-state index in [0.717, 1.165) is 0 Å². The fraction of sp³-hybridized carbons (Fsp3) is 0.735. The average Bonchev–Trinajstić information content (AvgIpc) is 3.18. The molecule has 326 valence electrons. The summed E-state index contributed by atoms with van der Waals surface area (Å²) in [5.74, 6) is -5.44. The fourth-order valence-electron chi connectivity index (χ4n) is 4.57. The van der Waals surface area contributed by atoms with Gasteiger partial charge in [-0.25, -0.2) is 4.79 Å². The number of nitrogens with one attached hydrogen (secondary N) is 4. The van der Waals surface area contributed by atoms with Crippen LogP contribution >= 0.6 is 43.5 Å². The Morgan fingerprint density at radius 1 is 0.579 bits per heavy atom. The molecule has 20 nitrogen and oxygen atoms in total. The van der Waals surface area contributed by atoms with Crippen LogP contribution in [0.4, 0.5) is 0 Å². The van der Waals surface area contributed by atoms with Crippen LogP contribution in [0.5, 0.6) is 0 Å². The molecule has 0 radical (unpaired) electrons. The van der Waals surface area contributed by atoms with E-state index in [1.54, 1.807) is 0 Å². The number of ether oxygens (including phenoxy) is 4. The van der Waals surface area contributed by atoms with Crippen LogP contribution in [0.1, 0.15) is 51.4 Å². The Labute approximate surface area is 352 Å². The molecule has 23 heteroatoms. The van der Waals surface area contributed by atoms with E-state index in [1.807, 2.05) is 0 Å². The van der Waals surface area contributed by atoms with Crippen LogP contribution in [0, 0.1) is 0 Å². The number of halogens is 3. The zero-order chi connectivity index (χ0) is 42.8. The number of carboxylic acid groups (broad SMARTS) is 2. The van der Waals surface area contributed by atoms with E-state index in [4.69, 9.17) is 30.5 Å². The summed E-state index contributed by atoms with van der Waals surface area (Å²) in [5, 5.41) is 28.7. The van der Waals surface area contributed by atoms with Gasteiger partial charge in [-0.3, -0.25) is 38.4 Å². The van der Waals surface area contributed by atoms with Crippen molar-refractivity contribution in [2.75, 3.05) is 95.6 Å². The molecule has 0 saturated heterocycles. The van der Waals surface area contributed by atoms with Crippen LogP contribution in [0.25, 0.3) is 0 Å². The van der Waals surface area contributed by atoms with Gasteiger partial charge in [0.05, 0.1) is 43.0 Å². The van der Waals surface area contributed by atoms with E-state index < -0.39 is 61.4 Å². The van der Waals surface area contributed by atoms with E-state index in [1.165, 1.54) is 4.90 Å². The largest absolute Gasteiger partial charge is 0.481 e. The molecule has 5 amide bonds. The Hall–Kier alpha value is -3.28. The standard InChI is InChI=1S/C34H54Br2ClN5O15/c35-19-28(45)38-9-11-42(12-10-39-29(46)20-36)33(51)26(7-8-32(49)50)40-30(47)22-56-17-15-54-13-1-3-24(43)5-6-27(34(52)53)41-31(48)23-57-18-16-55-14-2-4-25(44)21-37/h26-27H,1-23H2,(H,38,45)(H,39,46)(H,40,47)(H,41,48)(H,49,50)(H,52,53)/t26-,27+/m0/s1. The zero-order valence-electron chi connectivity index (χ0n) is 31.7. The number of carbonyl (C=O) groups is 9. The average molecular weight is 968 g/mol. The maximum Gasteiger partial charge on any atom is 0.326 e. The number of alkyl halides is 3. The van der Waals surface area contributed by atoms with Crippen molar-refractivity contribution < 1.29 is 72.3 Å². The van der Waals surface area contributed by atoms with Crippen LogP contribution in [0.2, 0.25) is 0 Å². The quantitative estimate of drug-likeness (QED) is 0.0340. The number of carboxylic acids is 2. The molecule has 0 saturated carbocycles. The molecule has 0 heterocycles. The van der Waals surface area contributed by atoms with Gasteiger partial charge in [0, 0.05) is 65.1 Å². The van der Waals surface area contributed by atoms with Gasteiger partial charge in [0.2, 0.25) is 29.5 Å². The van der Waals surface area contributed by atoms with Gasteiger partial charge in [-0.1, -0.05) is 31.9 Å². The predicted molar refractivity (Wildman–Crippen MR) is 210 cm³/mol. The van der Waals surface area contributed by atoms with Crippen LogP contribution in [-0.4, -0.2) is 176 Å². The molecule has 0 unspecified atom stereocenters. The zero-order valence-corrected chi connectivity index (χ0v) is 35.6. The highest BCUT2D eigenvalue weighted by Crippen LogP contribution is 2.06. The third-order valence-corrected chi connectivity index (χ3v) is 8.75. The van der Waals surface area contributed by atoms with Crippen molar-refractivity contribution in [3.05, 3.63) is 0 Å². The van der Waals surface area contributed by atoms with E-state index in [-0.39, 0.29) is 125 Å². The van der Waals surface area contributed by atoms with Gasteiger partial charge < -0.3 is 55.3 Å². The van der Waals surface area contributed by atoms with Crippen molar-refractivity contribution in [2.24, 2.45) is 0 Å². The molecule has 2 atom stereocenters. The van der Waals surface area contributed by atoms with E-state index in [0.29, 0.717) is 25.9 Å².